The highest BCUT2D eigenvalue weighted by Gasteiger charge is 2.21. The number of ether oxygens (including phenoxy) is 1. The number of nitro groups is 1. The van der Waals surface area contributed by atoms with Gasteiger partial charge in [-0.05, 0) is 12.5 Å². The first-order chi connectivity index (χ1) is 8.57. The van der Waals surface area contributed by atoms with Crippen LogP contribution in [0, 0.1) is 21.7 Å². The number of unbranched alkanes of at least 4 members (excludes halogenated alkanes) is 3. The van der Waals surface area contributed by atoms with E-state index in [-0.39, 0.29) is 12.4 Å². The minimum atomic E-state index is -1.48. The number of benzene rings is 1. The Kier molecular flexibility index (Phi) is 5.48. The van der Waals surface area contributed by atoms with Gasteiger partial charge in [-0.3, -0.25) is 10.1 Å². The van der Waals surface area contributed by atoms with Crippen molar-refractivity contribution in [3.63, 3.8) is 0 Å². The minimum Gasteiger partial charge on any atom is -0.490 e. The number of rotatable bonds is 7. The topological polar surface area (TPSA) is 52.4 Å². The van der Waals surface area contributed by atoms with Crippen molar-refractivity contribution in [3.05, 3.63) is 33.9 Å². The van der Waals surface area contributed by atoms with Gasteiger partial charge in [0.1, 0.15) is 0 Å². The van der Waals surface area contributed by atoms with Gasteiger partial charge in [0.2, 0.25) is 11.6 Å². The Bertz CT molecular complexity index is 424. The summed E-state index contributed by atoms with van der Waals surface area (Å²) >= 11 is 0. The van der Waals surface area contributed by atoms with Crippen LogP contribution in [0.1, 0.15) is 32.6 Å². The number of hydrogen-bond donors (Lipinski definition) is 0. The fourth-order valence-electron chi connectivity index (χ4n) is 1.48. The van der Waals surface area contributed by atoms with E-state index in [1.54, 1.807) is 0 Å². The van der Waals surface area contributed by atoms with Crippen molar-refractivity contribution in [2.45, 2.75) is 32.6 Å². The van der Waals surface area contributed by atoms with E-state index in [0.29, 0.717) is 0 Å². The molecule has 0 spiro atoms. The molecule has 0 atom stereocenters. The summed E-state index contributed by atoms with van der Waals surface area (Å²) < 4.78 is 31.7. The summed E-state index contributed by atoms with van der Waals surface area (Å²) in [5.74, 6) is -3.07. The molecule has 0 fully saturated rings. The molecule has 100 valence electrons. The van der Waals surface area contributed by atoms with Crippen molar-refractivity contribution in [1.29, 1.82) is 0 Å². The van der Waals surface area contributed by atoms with E-state index in [9.17, 15) is 18.9 Å². The van der Waals surface area contributed by atoms with Crippen LogP contribution in [0.25, 0.3) is 0 Å². The molecular weight excluding hydrogens is 244 g/mol. The zero-order valence-corrected chi connectivity index (χ0v) is 10.1. The molecule has 0 aliphatic carbocycles. The maximum absolute atomic E-state index is 13.4. The van der Waals surface area contributed by atoms with Crippen LogP contribution in [0.4, 0.5) is 14.5 Å². The third kappa shape index (κ3) is 3.65. The Morgan fingerprint density at radius 3 is 2.56 bits per heavy atom. The van der Waals surface area contributed by atoms with E-state index in [1.165, 1.54) is 0 Å². The maximum atomic E-state index is 13.4. The molecule has 1 aromatic carbocycles. The number of halogens is 2. The van der Waals surface area contributed by atoms with Crippen molar-refractivity contribution < 1.29 is 18.4 Å². The van der Waals surface area contributed by atoms with E-state index < -0.39 is 22.2 Å². The van der Waals surface area contributed by atoms with Gasteiger partial charge in [0, 0.05) is 6.07 Å². The second-order valence-corrected chi connectivity index (χ2v) is 3.88. The molecular formula is C12H15F2NO3. The lowest BCUT2D eigenvalue weighted by Gasteiger charge is -2.07. The van der Waals surface area contributed by atoms with Gasteiger partial charge in [0.05, 0.1) is 11.5 Å². The highest BCUT2D eigenvalue weighted by molar-refractivity contribution is 5.39. The molecule has 18 heavy (non-hydrogen) atoms. The third-order valence-electron chi connectivity index (χ3n) is 2.48. The zero-order valence-electron chi connectivity index (χ0n) is 10.1. The number of nitro benzene ring substituents is 1. The smallest absolute Gasteiger partial charge is 0.308 e. The predicted octanol–water partition coefficient (Wildman–Crippen LogP) is 3.83. The molecule has 0 unspecified atom stereocenters. The first-order valence-electron chi connectivity index (χ1n) is 5.83. The van der Waals surface area contributed by atoms with Gasteiger partial charge in [-0.1, -0.05) is 26.2 Å². The summed E-state index contributed by atoms with van der Waals surface area (Å²) in [5, 5.41) is 10.4. The fraction of sp³-hybridized carbons (Fsp3) is 0.500. The second-order valence-electron chi connectivity index (χ2n) is 3.88. The summed E-state index contributed by atoms with van der Waals surface area (Å²) in [5.41, 5.74) is -0.883. The first-order valence-corrected chi connectivity index (χ1v) is 5.83. The summed E-state index contributed by atoms with van der Waals surface area (Å²) in [7, 11) is 0. The van der Waals surface area contributed by atoms with Gasteiger partial charge in [0.15, 0.2) is 5.75 Å². The Morgan fingerprint density at radius 1 is 1.22 bits per heavy atom. The van der Waals surface area contributed by atoms with Crippen molar-refractivity contribution >= 4 is 5.69 Å². The Balaban J connectivity index is 2.62. The molecule has 0 heterocycles. The van der Waals surface area contributed by atoms with Crippen molar-refractivity contribution in [2.75, 3.05) is 6.61 Å². The molecule has 0 saturated carbocycles. The van der Waals surface area contributed by atoms with Gasteiger partial charge in [-0.2, -0.15) is 8.78 Å². The summed E-state index contributed by atoms with van der Waals surface area (Å²) in [4.78, 5) is 9.41. The first kappa shape index (κ1) is 14.3. The lowest BCUT2D eigenvalue weighted by atomic mass is 10.2. The number of hydrogen-bond acceptors (Lipinski definition) is 3. The second kappa shape index (κ2) is 6.88. The average molecular weight is 259 g/mol. The van der Waals surface area contributed by atoms with Crippen LogP contribution in [0.3, 0.4) is 0 Å². The monoisotopic (exact) mass is 259 g/mol. The third-order valence-corrected chi connectivity index (χ3v) is 2.48. The fourth-order valence-corrected chi connectivity index (χ4v) is 1.48. The van der Waals surface area contributed by atoms with Crippen LogP contribution in [0.5, 0.6) is 5.75 Å². The van der Waals surface area contributed by atoms with E-state index >= 15 is 0 Å². The standard InChI is InChI=1S/C12H15F2NO3/c1-2-3-4-5-8-18-10-7-6-9(15(16)17)11(13)12(10)14/h6-7H,2-5,8H2,1H3. The van der Waals surface area contributed by atoms with E-state index in [1.807, 2.05) is 0 Å². The van der Waals surface area contributed by atoms with Crippen LogP contribution in [0.15, 0.2) is 12.1 Å². The van der Waals surface area contributed by atoms with E-state index in [4.69, 9.17) is 4.74 Å². The molecule has 1 aromatic rings. The molecule has 0 bridgehead atoms. The molecule has 1 rings (SSSR count). The highest BCUT2D eigenvalue weighted by atomic mass is 19.2. The molecule has 0 aromatic heterocycles. The van der Waals surface area contributed by atoms with Crippen molar-refractivity contribution in [2.24, 2.45) is 0 Å². The molecule has 0 amide bonds. The van der Waals surface area contributed by atoms with Gasteiger partial charge < -0.3 is 4.74 Å². The molecule has 0 aliphatic rings. The highest BCUT2D eigenvalue weighted by Crippen LogP contribution is 2.27. The lowest BCUT2D eigenvalue weighted by Crippen LogP contribution is -2.02. The molecule has 0 N–H and O–H groups in total. The van der Waals surface area contributed by atoms with E-state index in [2.05, 4.69) is 6.92 Å². The zero-order chi connectivity index (χ0) is 13.5. The Labute approximate surface area is 104 Å². The van der Waals surface area contributed by atoms with E-state index in [0.717, 1.165) is 37.8 Å². The van der Waals surface area contributed by atoms with Gasteiger partial charge in [0.25, 0.3) is 0 Å². The molecule has 4 nitrogen and oxygen atoms in total. The number of nitrogens with zero attached hydrogens (tertiary/aromatic N) is 1. The molecule has 0 radical (unpaired) electrons. The lowest BCUT2D eigenvalue weighted by molar-refractivity contribution is -0.387. The van der Waals surface area contributed by atoms with Crippen LogP contribution < -0.4 is 4.74 Å². The maximum Gasteiger partial charge on any atom is 0.308 e. The van der Waals surface area contributed by atoms with Gasteiger partial charge in [-0.25, -0.2) is 0 Å². The molecule has 0 aliphatic heterocycles. The van der Waals surface area contributed by atoms with Gasteiger partial charge in [-0.15, -0.1) is 0 Å². The van der Waals surface area contributed by atoms with Crippen LogP contribution in [-0.2, 0) is 0 Å². The van der Waals surface area contributed by atoms with Crippen molar-refractivity contribution in [1.82, 2.24) is 0 Å². The SMILES string of the molecule is CCCCCCOc1ccc([N+](=O)[O-])c(F)c1F. The predicted molar refractivity (Wildman–Crippen MR) is 62.6 cm³/mol. The largest absolute Gasteiger partial charge is 0.490 e. The molecule has 6 heteroatoms. The summed E-state index contributed by atoms with van der Waals surface area (Å²) in [6.45, 7) is 2.33. The Hall–Kier alpha value is -1.72. The summed E-state index contributed by atoms with van der Waals surface area (Å²) in [6, 6.07) is 1.98. The quantitative estimate of drug-likeness (QED) is 0.425. The minimum absolute atomic E-state index is 0.272. The summed E-state index contributed by atoms with van der Waals surface area (Å²) in [6.07, 6.45) is 3.82. The average Bonchev–Trinajstić information content (AvgIpc) is 2.33. The molecule has 0 saturated heterocycles. The normalized spacial score (nSPS) is 10.4. The van der Waals surface area contributed by atoms with Crippen molar-refractivity contribution in [3.8, 4) is 5.75 Å². The van der Waals surface area contributed by atoms with Crippen LogP contribution in [0.2, 0.25) is 0 Å². The van der Waals surface area contributed by atoms with Gasteiger partial charge >= 0.3 is 5.69 Å². The van der Waals surface area contributed by atoms with Crippen LogP contribution >= 0.6 is 0 Å². The Morgan fingerprint density at radius 2 is 1.94 bits per heavy atom. The van der Waals surface area contributed by atoms with Crippen LogP contribution in [-0.4, -0.2) is 11.5 Å².